The summed E-state index contributed by atoms with van der Waals surface area (Å²) in [6.45, 7) is 4.04. The van der Waals surface area contributed by atoms with Gasteiger partial charge in [0.2, 0.25) is 5.95 Å². The lowest BCUT2D eigenvalue weighted by molar-refractivity contribution is 0.471. The Morgan fingerprint density at radius 2 is 1.71 bits per heavy atom. The fraction of sp³-hybridized carbons (Fsp3) is 0.692. The lowest BCUT2D eigenvalue weighted by Gasteiger charge is -2.28. The van der Waals surface area contributed by atoms with Crippen LogP contribution in [0.4, 0.5) is 5.95 Å². The first-order chi connectivity index (χ1) is 8.17. The summed E-state index contributed by atoms with van der Waals surface area (Å²) >= 11 is 2.00. The normalized spacial score (nSPS) is 24.6. The molecule has 0 bridgehead atoms. The quantitative estimate of drug-likeness (QED) is 0.895. The SMILES string of the molecule is CSC1CCC(Nc2nc(C)cc(C)n2)CC1. The van der Waals surface area contributed by atoms with Crippen molar-refractivity contribution < 1.29 is 0 Å². The first-order valence-electron chi connectivity index (χ1n) is 6.29. The molecule has 3 nitrogen and oxygen atoms in total. The van der Waals surface area contributed by atoms with Crippen molar-refractivity contribution in [3.8, 4) is 0 Å². The molecule has 0 saturated heterocycles. The Balaban J connectivity index is 1.93. The summed E-state index contributed by atoms with van der Waals surface area (Å²) in [4.78, 5) is 8.88. The summed E-state index contributed by atoms with van der Waals surface area (Å²) in [6.07, 6.45) is 7.31. The molecule has 1 N–H and O–H groups in total. The molecule has 1 aliphatic carbocycles. The third kappa shape index (κ3) is 3.60. The monoisotopic (exact) mass is 251 g/mol. The average molecular weight is 251 g/mol. The topological polar surface area (TPSA) is 37.8 Å². The van der Waals surface area contributed by atoms with Crippen molar-refractivity contribution in [3.05, 3.63) is 17.5 Å². The molecule has 0 radical (unpaired) electrons. The van der Waals surface area contributed by atoms with Gasteiger partial charge in [0.05, 0.1) is 0 Å². The third-order valence-corrected chi connectivity index (χ3v) is 4.46. The zero-order valence-electron chi connectivity index (χ0n) is 10.9. The molecular weight excluding hydrogens is 230 g/mol. The highest BCUT2D eigenvalue weighted by Crippen LogP contribution is 2.28. The van der Waals surface area contributed by atoms with Crippen molar-refractivity contribution in [2.24, 2.45) is 0 Å². The minimum Gasteiger partial charge on any atom is -0.351 e. The molecule has 1 aromatic heterocycles. The molecule has 2 rings (SSSR count). The number of aryl methyl sites for hydroxylation is 2. The standard InChI is InChI=1S/C13H21N3S/c1-9-8-10(2)15-13(14-9)16-11-4-6-12(17-3)7-5-11/h8,11-12H,4-7H2,1-3H3,(H,14,15,16). The number of aromatic nitrogens is 2. The van der Waals surface area contributed by atoms with Crippen LogP contribution in [-0.2, 0) is 0 Å². The number of hydrogen-bond donors (Lipinski definition) is 1. The van der Waals surface area contributed by atoms with E-state index in [1.807, 2.05) is 31.7 Å². The van der Waals surface area contributed by atoms with Gasteiger partial charge >= 0.3 is 0 Å². The molecule has 17 heavy (non-hydrogen) atoms. The summed E-state index contributed by atoms with van der Waals surface area (Å²) in [6, 6.07) is 2.56. The van der Waals surface area contributed by atoms with E-state index in [-0.39, 0.29) is 0 Å². The van der Waals surface area contributed by atoms with Crippen LogP contribution in [0.3, 0.4) is 0 Å². The molecule has 94 valence electrons. The molecule has 0 aromatic carbocycles. The van der Waals surface area contributed by atoms with Gasteiger partial charge in [-0.05, 0) is 51.9 Å². The van der Waals surface area contributed by atoms with Gasteiger partial charge in [-0.2, -0.15) is 11.8 Å². The highest BCUT2D eigenvalue weighted by molar-refractivity contribution is 7.99. The van der Waals surface area contributed by atoms with Gasteiger partial charge < -0.3 is 5.32 Å². The predicted octanol–water partition coefficient (Wildman–Crippen LogP) is 3.18. The van der Waals surface area contributed by atoms with Crippen LogP contribution in [0, 0.1) is 13.8 Å². The van der Waals surface area contributed by atoms with Crippen LogP contribution in [0.15, 0.2) is 6.07 Å². The number of thioether (sulfide) groups is 1. The summed E-state index contributed by atoms with van der Waals surface area (Å²) in [5.41, 5.74) is 2.08. The van der Waals surface area contributed by atoms with Crippen LogP contribution in [0.5, 0.6) is 0 Å². The summed E-state index contributed by atoms with van der Waals surface area (Å²) in [5, 5.41) is 4.33. The summed E-state index contributed by atoms with van der Waals surface area (Å²) in [5.74, 6) is 0.801. The second kappa shape index (κ2) is 5.71. The van der Waals surface area contributed by atoms with Crippen LogP contribution < -0.4 is 5.32 Å². The van der Waals surface area contributed by atoms with Crippen LogP contribution in [-0.4, -0.2) is 27.5 Å². The van der Waals surface area contributed by atoms with E-state index < -0.39 is 0 Å². The lowest BCUT2D eigenvalue weighted by Crippen LogP contribution is -2.28. The van der Waals surface area contributed by atoms with E-state index in [0.29, 0.717) is 6.04 Å². The fourth-order valence-electron chi connectivity index (χ4n) is 2.42. The molecule has 0 aliphatic heterocycles. The van der Waals surface area contributed by atoms with Crippen molar-refractivity contribution in [2.45, 2.75) is 50.8 Å². The van der Waals surface area contributed by atoms with E-state index in [4.69, 9.17) is 0 Å². The van der Waals surface area contributed by atoms with E-state index in [1.54, 1.807) is 0 Å². The molecular formula is C13H21N3S. The Kier molecular flexibility index (Phi) is 4.26. The molecule has 1 aliphatic rings. The van der Waals surface area contributed by atoms with Crippen molar-refractivity contribution in [1.29, 1.82) is 0 Å². The molecule has 0 amide bonds. The number of hydrogen-bond acceptors (Lipinski definition) is 4. The highest BCUT2D eigenvalue weighted by Gasteiger charge is 2.20. The summed E-state index contributed by atoms with van der Waals surface area (Å²) < 4.78 is 0. The lowest BCUT2D eigenvalue weighted by atomic mass is 9.95. The molecule has 0 spiro atoms. The van der Waals surface area contributed by atoms with Gasteiger partial charge in [0.1, 0.15) is 0 Å². The number of nitrogens with one attached hydrogen (secondary N) is 1. The van der Waals surface area contributed by atoms with Crippen LogP contribution in [0.2, 0.25) is 0 Å². The number of anilines is 1. The van der Waals surface area contributed by atoms with Crippen LogP contribution >= 0.6 is 11.8 Å². The molecule has 1 aromatic rings. The average Bonchev–Trinajstić information content (AvgIpc) is 2.28. The Labute approximate surface area is 108 Å². The van der Waals surface area contributed by atoms with Gasteiger partial charge in [0, 0.05) is 22.7 Å². The Morgan fingerprint density at radius 1 is 1.12 bits per heavy atom. The van der Waals surface area contributed by atoms with E-state index in [9.17, 15) is 0 Å². The zero-order chi connectivity index (χ0) is 12.3. The Hall–Kier alpha value is -0.770. The predicted molar refractivity (Wildman–Crippen MR) is 74.7 cm³/mol. The van der Waals surface area contributed by atoms with E-state index in [0.717, 1.165) is 22.6 Å². The maximum Gasteiger partial charge on any atom is 0.223 e. The molecule has 1 heterocycles. The Bertz CT molecular complexity index is 353. The molecule has 1 saturated carbocycles. The van der Waals surface area contributed by atoms with Gasteiger partial charge in [0.15, 0.2) is 0 Å². The maximum atomic E-state index is 4.44. The minimum absolute atomic E-state index is 0.555. The molecule has 4 heteroatoms. The van der Waals surface area contributed by atoms with Crippen molar-refractivity contribution in [2.75, 3.05) is 11.6 Å². The largest absolute Gasteiger partial charge is 0.351 e. The highest BCUT2D eigenvalue weighted by atomic mass is 32.2. The zero-order valence-corrected chi connectivity index (χ0v) is 11.7. The van der Waals surface area contributed by atoms with E-state index >= 15 is 0 Å². The van der Waals surface area contributed by atoms with Crippen molar-refractivity contribution in [1.82, 2.24) is 9.97 Å². The minimum atomic E-state index is 0.555. The van der Waals surface area contributed by atoms with Gasteiger partial charge in [-0.3, -0.25) is 0 Å². The first kappa shape index (κ1) is 12.7. The number of nitrogens with zero attached hydrogens (tertiary/aromatic N) is 2. The maximum absolute atomic E-state index is 4.44. The Morgan fingerprint density at radius 3 is 2.24 bits per heavy atom. The van der Waals surface area contributed by atoms with Gasteiger partial charge in [-0.1, -0.05) is 0 Å². The van der Waals surface area contributed by atoms with Gasteiger partial charge in [0.25, 0.3) is 0 Å². The third-order valence-electron chi connectivity index (χ3n) is 3.32. The van der Waals surface area contributed by atoms with Crippen molar-refractivity contribution in [3.63, 3.8) is 0 Å². The smallest absolute Gasteiger partial charge is 0.223 e. The van der Waals surface area contributed by atoms with Crippen LogP contribution in [0.25, 0.3) is 0 Å². The van der Waals surface area contributed by atoms with E-state index in [1.165, 1.54) is 25.7 Å². The second-order valence-corrected chi connectivity index (χ2v) is 5.97. The fourth-order valence-corrected chi connectivity index (χ4v) is 3.16. The van der Waals surface area contributed by atoms with Gasteiger partial charge in [-0.15, -0.1) is 0 Å². The number of rotatable bonds is 3. The van der Waals surface area contributed by atoms with Crippen molar-refractivity contribution >= 4 is 17.7 Å². The van der Waals surface area contributed by atoms with Gasteiger partial charge in [-0.25, -0.2) is 9.97 Å². The second-order valence-electron chi connectivity index (χ2n) is 4.83. The molecule has 0 atom stereocenters. The van der Waals surface area contributed by atoms with E-state index in [2.05, 4.69) is 21.5 Å². The van der Waals surface area contributed by atoms with Crippen LogP contribution in [0.1, 0.15) is 37.1 Å². The summed E-state index contributed by atoms with van der Waals surface area (Å²) in [7, 11) is 0. The molecule has 0 unspecified atom stereocenters. The molecule has 1 fully saturated rings. The first-order valence-corrected chi connectivity index (χ1v) is 7.58.